The van der Waals surface area contributed by atoms with Gasteiger partial charge in [0.25, 0.3) is 0 Å². The summed E-state index contributed by atoms with van der Waals surface area (Å²) in [7, 11) is 3.14. The number of aliphatic hydroxyl groups excluding tert-OH is 1. The van der Waals surface area contributed by atoms with E-state index in [1.54, 1.807) is 20.3 Å². The number of ether oxygens (including phenoxy) is 3. The lowest BCUT2D eigenvalue weighted by molar-refractivity contribution is -0.166. The second-order valence-corrected chi connectivity index (χ2v) is 10.7. The molecule has 1 fully saturated rings. The number of benzene rings is 1. The first-order valence-corrected chi connectivity index (χ1v) is 13.2. The fraction of sp³-hybridized carbons (Fsp3) is 0.440. The van der Waals surface area contributed by atoms with Crippen LogP contribution in [-0.4, -0.2) is 50.8 Å². The molecule has 10 nitrogen and oxygen atoms in total. The van der Waals surface area contributed by atoms with Crippen LogP contribution in [0.25, 0.3) is 11.2 Å². The Kier molecular flexibility index (Phi) is 7.09. The molecule has 0 spiro atoms. The normalized spacial score (nSPS) is 20.5. The van der Waals surface area contributed by atoms with E-state index in [0.717, 1.165) is 43.0 Å². The van der Waals surface area contributed by atoms with Gasteiger partial charge in [0.2, 0.25) is 5.95 Å². The van der Waals surface area contributed by atoms with Gasteiger partial charge in [-0.15, -0.1) is 0 Å². The molecule has 37 heavy (non-hydrogen) atoms. The number of aliphatic hydroxyl groups is 1. The highest BCUT2D eigenvalue weighted by Gasteiger charge is 2.48. The van der Waals surface area contributed by atoms with Crippen molar-refractivity contribution in [3.8, 4) is 11.5 Å². The largest absolute Gasteiger partial charge is 0.511 e. The number of carbonyl (C=O) groups is 1. The van der Waals surface area contributed by atoms with Gasteiger partial charge in [0.05, 0.1) is 25.6 Å². The van der Waals surface area contributed by atoms with E-state index in [1.807, 2.05) is 6.07 Å². The van der Waals surface area contributed by atoms with Crippen LogP contribution in [0.15, 0.2) is 34.2 Å². The van der Waals surface area contributed by atoms with Gasteiger partial charge < -0.3 is 30.0 Å². The monoisotopic (exact) mass is 545 g/mol. The van der Waals surface area contributed by atoms with Crippen molar-refractivity contribution < 1.29 is 24.1 Å². The van der Waals surface area contributed by atoms with Crippen LogP contribution < -0.4 is 15.2 Å². The molecule has 0 radical (unpaired) electrons. The Labute approximate surface area is 223 Å². The number of nitrogens with one attached hydrogen (secondary N) is 1. The SMILES string of the molecule is COc1cc(OC)c(CCC2(C3CCCC3)CC(O)=C(Sc3nc(N)nc4nc[nH]c34)C(=O)O2)cc1Cl. The molecule has 1 unspecified atom stereocenters. The highest BCUT2D eigenvalue weighted by molar-refractivity contribution is 8.04. The molecule has 1 aliphatic heterocycles. The number of nitrogen functional groups attached to an aromatic ring is 1. The maximum atomic E-state index is 13.4. The van der Waals surface area contributed by atoms with Gasteiger partial charge in [0.15, 0.2) is 5.65 Å². The van der Waals surface area contributed by atoms with Crippen LogP contribution in [0.1, 0.15) is 44.1 Å². The average Bonchev–Trinajstić information content (AvgIpc) is 3.58. The number of anilines is 1. The van der Waals surface area contributed by atoms with Crippen molar-refractivity contribution >= 4 is 46.4 Å². The number of nitrogens with zero attached hydrogens (tertiary/aromatic N) is 3. The Balaban J connectivity index is 1.45. The topological polar surface area (TPSA) is 145 Å². The van der Waals surface area contributed by atoms with E-state index in [2.05, 4.69) is 19.9 Å². The lowest BCUT2D eigenvalue weighted by atomic mass is 9.77. The quantitative estimate of drug-likeness (QED) is 0.262. The molecule has 1 saturated carbocycles. The number of aromatic nitrogens is 4. The van der Waals surface area contributed by atoms with Crippen LogP contribution >= 0.6 is 23.4 Å². The average molecular weight is 546 g/mol. The first kappa shape index (κ1) is 25.5. The van der Waals surface area contributed by atoms with Crippen LogP contribution in [0.4, 0.5) is 5.95 Å². The summed E-state index contributed by atoms with van der Waals surface area (Å²) in [5.41, 5.74) is 6.77. The Morgan fingerprint density at radius 2 is 2.00 bits per heavy atom. The number of H-pyrrole nitrogens is 1. The van der Waals surface area contributed by atoms with Gasteiger partial charge in [-0.05, 0) is 43.2 Å². The minimum Gasteiger partial charge on any atom is -0.511 e. The number of cyclic esters (lactones) is 1. The fourth-order valence-corrected chi connectivity index (χ4v) is 6.49. The summed E-state index contributed by atoms with van der Waals surface area (Å²) in [4.78, 5) is 28.9. The molecule has 5 rings (SSSR count). The smallest absolute Gasteiger partial charge is 0.349 e. The van der Waals surface area contributed by atoms with Crippen LogP contribution in [0, 0.1) is 5.92 Å². The summed E-state index contributed by atoms with van der Waals surface area (Å²) in [6, 6.07) is 3.57. The van der Waals surface area contributed by atoms with Crippen molar-refractivity contribution in [2.75, 3.05) is 20.0 Å². The number of halogens is 1. The zero-order valence-corrected chi connectivity index (χ0v) is 22.1. The minimum absolute atomic E-state index is 0.0160. The van der Waals surface area contributed by atoms with E-state index < -0.39 is 11.6 Å². The Morgan fingerprint density at radius 1 is 1.24 bits per heavy atom. The van der Waals surface area contributed by atoms with Crippen molar-refractivity contribution in [3.05, 3.63) is 39.7 Å². The number of thioether (sulfide) groups is 1. The van der Waals surface area contributed by atoms with Gasteiger partial charge in [-0.3, -0.25) is 0 Å². The summed E-state index contributed by atoms with van der Waals surface area (Å²) in [6.45, 7) is 0. The van der Waals surface area contributed by atoms with Gasteiger partial charge >= 0.3 is 5.97 Å². The number of rotatable bonds is 8. The van der Waals surface area contributed by atoms with Crippen molar-refractivity contribution in [1.82, 2.24) is 19.9 Å². The van der Waals surface area contributed by atoms with Crippen LogP contribution in [-0.2, 0) is 16.0 Å². The molecule has 1 atom stereocenters. The van der Waals surface area contributed by atoms with Gasteiger partial charge in [-0.2, -0.15) is 4.98 Å². The lowest BCUT2D eigenvalue weighted by Gasteiger charge is -2.41. The van der Waals surface area contributed by atoms with E-state index in [1.165, 1.54) is 6.33 Å². The second kappa shape index (κ2) is 10.3. The van der Waals surface area contributed by atoms with E-state index in [-0.39, 0.29) is 29.0 Å². The highest BCUT2D eigenvalue weighted by Crippen LogP contribution is 2.48. The highest BCUT2D eigenvalue weighted by atomic mass is 35.5. The maximum Gasteiger partial charge on any atom is 0.349 e. The molecule has 12 heteroatoms. The molecule has 3 aromatic rings. The summed E-state index contributed by atoms with van der Waals surface area (Å²) in [6.07, 6.45) is 6.73. The lowest BCUT2D eigenvalue weighted by Crippen LogP contribution is -2.45. The van der Waals surface area contributed by atoms with Crippen LogP contribution in [0.2, 0.25) is 5.02 Å². The molecule has 0 bridgehead atoms. The summed E-state index contributed by atoms with van der Waals surface area (Å²) >= 11 is 7.39. The van der Waals surface area contributed by atoms with Gasteiger partial charge in [0, 0.05) is 12.5 Å². The Morgan fingerprint density at radius 3 is 2.70 bits per heavy atom. The number of nitrogens with two attached hydrogens (primary N) is 1. The Bertz CT molecular complexity index is 1370. The predicted molar refractivity (Wildman–Crippen MR) is 140 cm³/mol. The number of carbonyl (C=O) groups excluding carboxylic acids is 1. The molecule has 196 valence electrons. The summed E-state index contributed by atoms with van der Waals surface area (Å²) in [5.74, 6) is 0.738. The van der Waals surface area contributed by atoms with Crippen molar-refractivity contribution in [2.45, 2.75) is 55.6 Å². The molecule has 4 N–H and O–H groups in total. The number of esters is 1. The maximum absolute atomic E-state index is 13.4. The van der Waals surface area contributed by atoms with E-state index in [0.29, 0.717) is 45.6 Å². The number of hydrogen-bond donors (Lipinski definition) is 3. The molecule has 0 saturated heterocycles. The summed E-state index contributed by atoms with van der Waals surface area (Å²) < 4.78 is 17.1. The van der Waals surface area contributed by atoms with Crippen LogP contribution in [0.5, 0.6) is 11.5 Å². The van der Waals surface area contributed by atoms with Crippen LogP contribution in [0.3, 0.4) is 0 Å². The third-order valence-electron chi connectivity index (χ3n) is 7.15. The number of aryl methyl sites for hydroxylation is 1. The van der Waals surface area contributed by atoms with Gasteiger partial charge in [-0.1, -0.05) is 36.2 Å². The molecule has 2 aliphatic rings. The van der Waals surface area contributed by atoms with E-state index in [9.17, 15) is 9.90 Å². The minimum atomic E-state index is -0.840. The van der Waals surface area contributed by atoms with E-state index >= 15 is 0 Å². The van der Waals surface area contributed by atoms with Crippen molar-refractivity contribution in [2.24, 2.45) is 5.92 Å². The predicted octanol–water partition coefficient (Wildman–Crippen LogP) is 4.98. The first-order valence-electron chi connectivity index (χ1n) is 12.0. The molecule has 1 aliphatic carbocycles. The number of fused-ring (bicyclic) bond motifs is 1. The first-order chi connectivity index (χ1) is 17.8. The number of imidazole rings is 1. The number of hydrogen-bond acceptors (Lipinski definition) is 10. The molecular formula is C25H28ClN5O5S. The molecule has 2 aromatic heterocycles. The molecule has 3 heterocycles. The third kappa shape index (κ3) is 4.89. The Hall–Kier alpha value is -3.18. The standard InChI is InChI=1S/C25H28ClN5O5S/c1-34-17-10-18(35-2)15(26)9-13(17)7-8-25(14-5-3-4-6-14)11-16(32)20(23(33)36-25)37-22-19-21(29-12-28-19)30-24(27)31-22/h9-10,12,14,32H,3-8,11H2,1-2H3,(H3,27,28,29,30,31). The number of aromatic amines is 1. The van der Waals surface area contributed by atoms with E-state index in [4.69, 9.17) is 31.5 Å². The summed E-state index contributed by atoms with van der Waals surface area (Å²) in [5, 5.41) is 12.1. The van der Waals surface area contributed by atoms with Gasteiger partial charge in [0.1, 0.15) is 38.3 Å². The zero-order chi connectivity index (χ0) is 26.2. The van der Waals surface area contributed by atoms with Crippen molar-refractivity contribution in [1.29, 1.82) is 0 Å². The molecule has 1 aromatic carbocycles. The molecular weight excluding hydrogens is 518 g/mol. The van der Waals surface area contributed by atoms with Crippen molar-refractivity contribution in [3.63, 3.8) is 0 Å². The third-order valence-corrected chi connectivity index (χ3v) is 8.54. The zero-order valence-electron chi connectivity index (χ0n) is 20.5. The van der Waals surface area contributed by atoms with Gasteiger partial charge in [-0.25, -0.2) is 14.8 Å². The second-order valence-electron chi connectivity index (χ2n) is 9.28. The number of methoxy groups -OCH3 is 2. The fourth-order valence-electron chi connectivity index (χ4n) is 5.33. The molecule has 0 amide bonds.